The normalized spacial score (nSPS) is 30.4. The molecule has 6 heterocycles. The summed E-state index contributed by atoms with van der Waals surface area (Å²) in [6.45, 7) is 13.0. The maximum absolute atomic E-state index is 13.2. The number of pyridine rings is 2. The summed E-state index contributed by atoms with van der Waals surface area (Å²) in [6, 6.07) is 3.09. The van der Waals surface area contributed by atoms with Gasteiger partial charge >= 0.3 is 11.4 Å². The van der Waals surface area contributed by atoms with Crippen LogP contribution in [0.5, 0.6) is 0 Å². The van der Waals surface area contributed by atoms with E-state index in [-0.39, 0.29) is 149 Å². The predicted octanol–water partition coefficient (Wildman–Crippen LogP) is 3.53. The Morgan fingerprint density at radius 2 is 1.03 bits per heavy atom. The minimum absolute atomic E-state index is 0. The zero-order chi connectivity index (χ0) is 67.7. The summed E-state index contributed by atoms with van der Waals surface area (Å²) in [5, 5.41) is 111. The fraction of sp³-hybridized carbons (Fsp3) is 0.778. The number of rotatable bonds is 27. The van der Waals surface area contributed by atoms with Crippen LogP contribution < -0.4 is 10.6 Å². The van der Waals surface area contributed by atoms with Crippen LogP contribution >= 0.6 is 68.0 Å². The van der Waals surface area contributed by atoms with E-state index >= 15 is 0 Å². The van der Waals surface area contributed by atoms with Crippen LogP contribution in [-0.2, 0) is 57.0 Å². The van der Waals surface area contributed by atoms with Crippen LogP contribution in [0.1, 0.15) is 70.2 Å². The molecule has 32 nitrogen and oxygen atoms in total. The van der Waals surface area contributed by atoms with Crippen molar-refractivity contribution in [2.75, 3.05) is 50.3 Å². The number of aliphatic hydroxyl groups excluding tert-OH is 8. The van der Waals surface area contributed by atoms with Gasteiger partial charge in [-0.3, -0.25) is 29.8 Å². The fourth-order valence-corrected chi connectivity index (χ4v) is 12.0. The maximum atomic E-state index is 13.2. The van der Waals surface area contributed by atoms with Gasteiger partial charge < -0.3 is 115 Å². The molecule has 2 aromatic heterocycles. The zero-order valence-electron chi connectivity index (χ0n) is 52.2. The fourth-order valence-electron chi connectivity index (χ4n) is 8.75. The number of aromatic amines is 1. The van der Waals surface area contributed by atoms with E-state index in [2.05, 4.69) is 45.4 Å². The van der Waals surface area contributed by atoms with Crippen molar-refractivity contribution in [3.05, 3.63) is 73.0 Å². The SMILES string of the molecule is C.C.CC(C)OC1OC(CO)C(O)C(OC2OC(C(=O)NCCSSc3ncccc3[N+](=O)[O-])C(OC(C)C)C(O)C2O)C1[NH-].CS.CSSCCNC(=O)C1OC(OC2C([NH-])C(OC(C)C)OC(CO)C2O)C(O)C(O)C1OC(C)C.O=[N+]([O-])c1ccc[nH]c1=S.[Ac].[Ac]. The summed E-state index contributed by atoms with van der Waals surface area (Å²) < 4.78 is 56.9. The summed E-state index contributed by atoms with van der Waals surface area (Å²) in [7, 11) is 5.43. The van der Waals surface area contributed by atoms with Crippen LogP contribution in [0.3, 0.4) is 0 Å². The molecule has 4 fully saturated rings. The third-order valence-electron chi connectivity index (χ3n) is 12.7. The van der Waals surface area contributed by atoms with E-state index in [9.17, 15) is 70.7 Å². The molecule has 20 unspecified atom stereocenters. The number of hydrogen-bond acceptors (Lipinski definition) is 31. The number of carbonyl (C=O) groups is 2. The number of nitrogens with one attached hydrogen (secondary N) is 5. The van der Waals surface area contributed by atoms with Gasteiger partial charge in [0.25, 0.3) is 11.8 Å². The van der Waals surface area contributed by atoms with Gasteiger partial charge in [0.2, 0.25) is 0 Å². The number of hydrogen-bond donors (Lipinski definition) is 12. The molecule has 6 rings (SSSR count). The smallest absolute Gasteiger partial charge is 0.303 e. The molecule has 4 aliphatic rings. The summed E-state index contributed by atoms with van der Waals surface area (Å²) in [5.74, 6) is -0.272. The first-order chi connectivity index (χ1) is 42.6. The number of nitro groups is 2. The average Bonchev–Trinajstić information content (AvgIpc) is 0.788. The molecule has 0 bridgehead atoms. The van der Waals surface area contributed by atoms with Gasteiger partial charge in [-0.1, -0.05) is 71.5 Å². The zero-order valence-corrected chi connectivity index (χ0v) is 66.6. The van der Waals surface area contributed by atoms with Crippen molar-refractivity contribution in [3.63, 3.8) is 0 Å². The molecule has 2 aromatic rings. The molecule has 13 N–H and O–H groups in total. The molecule has 0 spiro atoms. The Morgan fingerprint density at radius 1 is 0.638 bits per heavy atom. The summed E-state index contributed by atoms with van der Waals surface area (Å²) in [4.78, 5) is 52.9. The summed E-state index contributed by atoms with van der Waals surface area (Å²) >= 11 is 8.16. The van der Waals surface area contributed by atoms with Gasteiger partial charge in [0.05, 0.1) is 59.7 Å². The third-order valence-corrected chi connectivity index (χ3v) is 17.2. The second kappa shape index (κ2) is 49.7. The Hall–Kier alpha value is 0.0931. The second-order valence-corrected chi connectivity index (χ2v) is 26.4. The molecular formula is C54H94Ac2N8O24S6-2. The monoisotopic (exact) mass is 1880 g/mol. The first kappa shape index (κ1) is 96.1. The van der Waals surface area contributed by atoms with Gasteiger partial charge in [0.15, 0.2) is 34.5 Å². The standard InChI is InChI=1S/C25H39N4O12S2.C21H39N2O10S2.C5H4N2O2S.CH4S.2CH4.2Ac/c1-11(2)37-20-17(32)18(33)25(40-19-15(26)24(38-12(3)4)39-14(10-30)16(19)31)41-21(20)22(34)27-8-9-42-43-23-13(29(35)36)6-5-7-28-23;1-9(2)29-17-14(26)15(27)21(33-18(17)19(28)23-6-7-35-34-5)32-16-12(22)20(30-10(3)4)31-11(8-24)13(16)25;8-7(9)4-2-1-3-6-5(4)10;1-2;;;;/h5-7,11-12,14-21,24-26,30-33H,8-10H2,1-4H3,(H,27,34);9-18,20-22,24-27H,6-8H2,1-5H3,(H,23,28);1-3H,(H,6,10);2H,1H3;2*1H4;;/q2*-1;;;;;;. The molecule has 2 radical (unpaired) electrons. The molecule has 20 atom stereocenters. The number of aliphatic hydroxyl groups is 8. The van der Waals surface area contributed by atoms with Crippen LogP contribution in [0.15, 0.2) is 41.7 Å². The number of ether oxygens (including phenoxy) is 10. The van der Waals surface area contributed by atoms with Crippen LogP contribution in [0.25, 0.3) is 11.5 Å². The Labute approximate surface area is 646 Å². The molecule has 4 aliphatic heterocycles. The average molecular weight is 1890 g/mol. The summed E-state index contributed by atoms with van der Waals surface area (Å²) in [6.07, 6.45) is -20.2. The van der Waals surface area contributed by atoms with E-state index in [1.165, 1.54) is 41.3 Å². The van der Waals surface area contributed by atoms with Gasteiger partial charge in [-0.2, -0.15) is 12.6 Å². The van der Waals surface area contributed by atoms with Gasteiger partial charge in [-0.15, -0.1) is 0 Å². The number of nitrogens with zero attached hydrogens (tertiary/aromatic N) is 3. The molecule has 538 valence electrons. The number of amides is 2. The molecule has 0 aliphatic carbocycles. The number of aromatic nitrogens is 2. The van der Waals surface area contributed by atoms with E-state index in [4.69, 9.17) is 58.8 Å². The van der Waals surface area contributed by atoms with E-state index < -0.39 is 164 Å². The molecule has 4 saturated heterocycles. The van der Waals surface area contributed by atoms with Gasteiger partial charge in [0, 0.05) is 137 Å². The molecular weight excluding hydrogens is 1790 g/mol. The molecule has 2 amide bonds. The topological polar surface area (TPSA) is 475 Å². The van der Waals surface area contributed by atoms with Crippen LogP contribution in [-0.4, -0.2) is 270 Å². The summed E-state index contributed by atoms with van der Waals surface area (Å²) in [5.41, 5.74) is 16.8. The van der Waals surface area contributed by atoms with Crippen LogP contribution in [0, 0.1) is 113 Å². The van der Waals surface area contributed by atoms with Gasteiger partial charge in [-0.25, -0.2) is 4.98 Å². The van der Waals surface area contributed by atoms with Crippen molar-refractivity contribution in [1.82, 2.24) is 20.6 Å². The third kappa shape index (κ3) is 29.8. The maximum Gasteiger partial charge on any atom is 0.303 e. The van der Waals surface area contributed by atoms with E-state index in [0.717, 1.165) is 10.8 Å². The Balaban J connectivity index is 0. The Morgan fingerprint density at radius 3 is 1.38 bits per heavy atom. The largest absolute Gasteiger partial charge is 0.668 e. The quantitative estimate of drug-likeness (QED) is 0.0152. The Kier molecular flexibility index (Phi) is 50.8. The number of carbonyl (C=O) groups excluding carboxylic acids is 2. The molecule has 94 heavy (non-hydrogen) atoms. The first-order valence-electron chi connectivity index (χ1n) is 28.2. The van der Waals surface area contributed by atoms with Crippen molar-refractivity contribution >= 4 is 91.2 Å². The van der Waals surface area contributed by atoms with Crippen molar-refractivity contribution in [1.29, 1.82) is 0 Å². The number of thiol groups is 1. The van der Waals surface area contributed by atoms with E-state index in [1.54, 1.807) is 89.4 Å². The van der Waals surface area contributed by atoms with Crippen molar-refractivity contribution < 1.29 is 196 Å². The second-order valence-electron chi connectivity index (χ2n) is 20.9. The first-order valence-corrected chi connectivity index (χ1v) is 34.6. The van der Waals surface area contributed by atoms with Crippen LogP contribution in [0.2, 0.25) is 0 Å². The Bertz CT molecular complexity index is 2530. The van der Waals surface area contributed by atoms with Gasteiger partial charge in [-0.05, 0) is 90.8 Å². The van der Waals surface area contributed by atoms with E-state index in [0.29, 0.717) is 18.1 Å². The number of H-pyrrole nitrogens is 1. The minimum atomic E-state index is -1.73. The van der Waals surface area contributed by atoms with Crippen molar-refractivity contribution in [2.45, 2.75) is 222 Å². The van der Waals surface area contributed by atoms with Crippen molar-refractivity contribution in [2.24, 2.45) is 0 Å². The van der Waals surface area contributed by atoms with Gasteiger partial charge in [0.1, 0.15) is 73.6 Å². The molecule has 40 heteroatoms. The predicted molar refractivity (Wildman–Crippen MR) is 351 cm³/mol. The van der Waals surface area contributed by atoms with Crippen molar-refractivity contribution in [3.8, 4) is 0 Å². The molecule has 0 saturated carbocycles. The minimum Gasteiger partial charge on any atom is -0.668 e. The van der Waals surface area contributed by atoms with Crippen LogP contribution in [0.4, 0.5) is 11.4 Å². The van der Waals surface area contributed by atoms with E-state index in [1.807, 2.05) is 6.26 Å². The molecule has 0 aromatic carbocycles.